The van der Waals surface area contributed by atoms with Crippen LogP contribution in [0.4, 0.5) is 0 Å². The van der Waals surface area contributed by atoms with Gasteiger partial charge >= 0.3 is 17.9 Å². The van der Waals surface area contributed by atoms with Crippen LogP contribution in [0.5, 0.6) is 0 Å². The predicted octanol–water partition coefficient (Wildman–Crippen LogP) is 7.76. The summed E-state index contributed by atoms with van der Waals surface area (Å²) in [5.41, 5.74) is 0.374. The minimum atomic E-state index is -0.220. The van der Waals surface area contributed by atoms with Crippen LogP contribution in [0.1, 0.15) is 127 Å². The molecule has 0 saturated heterocycles. The molecule has 0 aromatic heterocycles. The van der Waals surface area contributed by atoms with E-state index >= 15 is 0 Å². The maximum absolute atomic E-state index is 12.3. The minimum Gasteiger partial charge on any atom is -0.465 e. The Morgan fingerprint density at radius 1 is 0.738 bits per heavy atom. The van der Waals surface area contributed by atoms with Gasteiger partial charge in [0.25, 0.3) is 0 Å². The van der Waals surface area contributed by atoms with Crippen LogP contribution in [0.2, 0.25) is 0 Å². The van der Waals surface area contributed by atoms with E-state index in [1.807, 2.05) is 0 Å². The van der Waals surface area contributed by atoms with Crippen LogP contribution < -0.4 is 0 Å². The highest BCUT2D eigenvalue weighted by molar-refractivity contribution is 5.67. The van der Waals surface area contributed by atoms with Crippen LogP contribution in [0.3, 0.4) is 0 Å². The van der Waals surface area contributed by atoms with Gasteiger partial charge in [0, 0.05) is 37.5 Å². The second-order valence-electron chi connectivity index (χ2n) is 17.0. The van der Waals surface area contributed by atoms with Gasteiger partial charge in [0.05, 0.1) is 6.61 Å². The lowest BCUT2D eigenvalue weighted by Crippen LogP contribution is -2.67. The Balaban J connectivity index is 1.52. The fourth-order valence-corrected chi connectivity index (χ4v) is 12.8. The van der Waals surface area contributed by atoms with Crippen molar-refractivity contribution in [2.75, 3.05) is 6.61 Å². The maximum atomic E-state index is 12.3. The molecule has 2 unspecified atom stereocenters. The van der Waals surface area contributed by atoms with E-state index in [9.17, 15) is 14.4 Å². The van der Waals surface area contributed by atoms with Gasteiger partial charge in [0.1, 0.15) is 12.2 Å². The summed E-state index contributed by atoms with van der Waals surface area (Å²) in [6.45, 7) is 22.1. The highest BCUT2D eigenvalue weighted by atomic mass is 16.6. The van der Waals surface area contributed by atoms with Crippen molar-refractivity contribution in [3.63, 3.8) is 0 Å². The molecule has 6 nitrogen and oxygen atoms in total. The molecule has 0 aliphatic heterocycles. The number of rotatable bonds is 5. The maximum Gasteiger partial charge on any atom is 0.302 e. The smallest absolute Gasteiger partial charge is 0.302 e. The number of fused-ring (bicyclic) bond motifs is 7. The van der Waals surface area contributed by atoms with E-state index in [2.05, 4.69) is 48.5 Å². The molecule has 0 aromatic rings. The first-order chi connectivity index (χ1) is 19.4. The Hall–Kier alpha value is -1.59. The number of carbonyl (C=O) groups is 3. The highest BCUT2D eigenvalue weighted by Crippen LogP contribution is 2.77. The van der Waals surface area contributed by atoms with E-state index in [1.165, 1.54) is 39.5 Å². The molecule has 0 heterocycles. The molecular formula is C36H58O6. The molecule has 0 aromatic carbocycles. The summed E-state index contributed by atoms with van der Waals surface area (Å²) < 4.78 is 17.9. The number of hydrogen-bond acceptors (Lipinski definition) is 6. The van der Waals surface area contributed by atoms with Crippen LogP contribution >= 0.6 is 0 Å². The zero-order valence-corrected chi connectivity index (χ0v) is 28.1. The van der Waals surface area contributed by atoms with Crippen molar-refractivity contribution >= 4 is 17.9 Å². The summed E-state index contributed by atoms with van der Waals surface area (Å²) in [5, 5.41) is 0. The molecule has 0 radical (unpaired) electrons. The molecule has 5 rings (SSSR count). The Bertz CT molecular complexity index is 1100. The Morgan fingerprint density at radius 2 is 1.40 bits per heavy atom. The van der Waals surface area contributed by atoms with Crippen LogP contribution in [-0.2, 0) is 28.6 Å². The molecule has 5 fully saturated rings. The lowest BCUT2D eigenvalue weighted by atomic mass is 9.32. The van der Waals surface area contributed by atoms with Crippen molar-refractivity contribution < 1.29 is 28.6 Å². The summed E-state index contributed by atoms with van der Waals surface area (Å²) in [5.74, 6) is 2.05. The fraction of sp³-hybridized carbons (Fsp3) is 0.917. The van der Waals surface area contributed by atoms with E-state index in [0.717, 1.165) is 32.1 Å². The van der Waals surface area contributed by atoms with Gasteiger partial charge in [-0.05, 0) is 104 Å². The molecule has 0 spiro atoms. The highest BCUT2D eigenvalue weighted by Gasteiger charge is 2.72. The molecule has 6 heteroatoms. The molecule has 11 atom stereocenters. The van der Waals surface area contributed by atoms with Crippen LogP contribution in [0.25, 0.3) is 0 Å². The third-order valence-electron chi connectivity index (χ3n) is 14.6. The Labute approximate surface area is 254 Å². The topological polar surface area (TPSA) is 78.9 Å². The van der Waals surface area contributed by atoms with Crippen molar-refractivity contribution in [3.05, 3.63) is 0 Å². The fourth-order valence-electron chi connectivity index (χ4n) is 12.8. The summed E-state index contributed by atoms with van der Waals surface area (Å²) in [6.07, 6.45) is 9.62. The number of hydrogen-bond donors (Lipinski definition) is 0. The van der Waals surface area contributed by atoms with Gasteiger partial charge in [-0.25, -0.2) is 0 Å². The zero-order valence-electron chi connectivity index (χ0n) is 28.1. The third-order valence-corrected chi connectivity index (χ3v) is 14.6. The standard InChI is InChI=1S/C36H58O6/c1-21(2)30-26(41-23(4)38)19-36(20-40-22(3)37)18-17-34(9)25(31(30)36)11-12-28-33(8)15-14-29(42-24(5)39)32(6,7)27(33)13-16-35(28,34)10/h21,25-31H,11-20H2,1-10H3/t25-,26?,27+,28-,29?,30-,31+,33+,34-,35-,36+/m1/s1. The first kappa shape index (κ1) is 31.8. The number of carbonyl (C=O) groups excluding carboxylic acids is 3. The predicted molar refractivity (Wildman–Crippen MR) is 162 cm³/mol. The molecule has 42 heavy (non-hydrogen) atoms. The van der Waals surface area contributed by atoms with E-state index < -0.39 is 0 Å². The SMILES string of the molecule is CC(=O)OC[C@@]12CC[C@]3(C)[C@H](CC[C@@H]4[C@@]5(C)CCC(OC(C)=O)C(C)(C)[C@@H]5CC[C@]43C)[C@H]1[C@H](C(C)C)C(OC(C)=O)C2. The number of esters is 3. The summed E-state index contributed by atoms with van der Waals surface area (Å²) in [7, 11) is 0. The van der Waals surface area contributed by atoms with Gasteiger partial charge in [0.15, 0.2) is 0 Å². The van der Waals surface area contributed by atoms with Gasteiger partial charge in [0.2, 0.25) is 0 Å². The van der Waals surface area contributed by atoms with Gasteiger partial charge in [-0.1, -0.05) is 48.5 Å². The lowest BCUT2D eigenvalue weighted by Gasteiger charge is -2.73. The average molecular weight is 587 g/mol. The first-order valence-electron chi connectivity index (χ1n) is 16.9. The van der Waals surface area contributed by atoms with Crippen molar-refractivity contribution in [3.8, 4) is 0 Å². The molecule has 0 amide bonds. The normalized spacial score (nSPS) is 47.4. The van der Waals surface area contributed by atoms with E-state index in [1.54, 1.807) is 6.92 Å². The molecule has 5 aliphatic carbocycles. The Kier molecular flexibility index (Phi) is 7.96. The zero-order chi connectivity index (χ0) is 31.0. The minimum absolute atomic E-state index is 0.00979. The summed E-state index contributed by atoms with van der Waals surface area (Å²) >= 11 is 0. The van der Waals surface area contributed by atoms with Crippen LogP contribution in [-0.4, -0.2) is 36.7 Å². The van der Waals surface area contributed by atoms with Crippen LogP contribution in [0.15, 0.2) is 0 Å². The third kappa shape index (κ3) is 4.57. The number of ether oxygens (including phenoxy) is 3. The molecule has 5 saturated carbocycles. The second-order valence-corrected chi connectivity index (χ2v) is 17.0. The Morgan fingerprint density at radius 3 is 2.00 bits per heavy atom. The van der Waals surface area contributed by atoms with Gasteiger partial charge in [-0.2, -0.15) is 0 Å². The van der Waals surface area contributed by atoms with Crippen molar-refractivity contribution in [2.45, 2.75) is 139 Å². The monoisotopic (exact) mass is 586 g/mol. The first-order valence-corrected chi connectivity index (χ1v) is 16.9. The molecule has 238 valence electrons. The molecular weight excluding hydrogens is 528 g/mol. The summed E-state index contributed by atoms with van der Waals surface area (Å²) in [4.78, 5) is 36.4. The van der Waals surface area contributed by atoms with E-state index in [4.69, 9.17) is 14.2 Å². The van der Waals surface area contributed by atoms with E-state index in [-0.39, 0.29) is 63.1 Å². The van der Waals surface area contributed by atoms with E-state index in [0.29, 0.717) is 36.2 Å². The van der Waals surface area contributed by atoms with Crippen molar-refractivity contribution in [2.24, 2.45) is 62.6 Å². The molecule has 0 N–H and O–H groups in total. The van der Waals surface area contributed by atoms with Gasteiger partial charge < -0.3 is 14.2 Å². The van der Waals surface area contributed by atoms with Crippen LogP contribution in [0, 0.1) is 62.6 Å². The van der Waals surface area contributed by atoms with Gasteiger partial charge in [-0.15, -0.1) is 0 Å². The summed E-state index contributed by atoms with van der Waals surface area (Å²) in [6, 6.07) is 0. The van der Waals surface area contributed by atoms with Crippen molar-refractivity contribution in [1.82, 2.24) is 0 Å². The second kappa shape index (κ2) is 10.5. The largest absolute Gasteiger partial charge is 0.465 e. The quantitative estimate of drug-likeness (QED) is 0.242. The molecule has 0 bridgehead atoms. The lowest BCUT2D eigenvalue weighted by molar-refractivity contribution is -0.253. The van der Waals surface area contributed by atoms with Crippen molar-refractivity contribution in [1.29, 1.82) is 0 Å². The molecule has 5 aliphatic rings. The van der Waals surface area contributed by atoms with Gasteiger partial charge in [-0.3, -0.25) is 14.4 Å². The average Bonchev–Trinajstić information content (AvgIpc) is 3.18.